The van der Waals surface area contributed by atoms with Gasteiger partial charge in [-0.2, -0.15) is 4.31 Å². The van der Waals surface area contributed by atoms with Gasteiger partial charge in [-0.1, -0.05) is 13.8 Å². The van der Waals surface area contributed by atoms with E-state index in [1.54, 1.807) is 30.0 Å². The maximum absolute atomic E-state index is 13.2. The first-order chi connectivity index (χ1) is 13.2. The van der Waals surface area contributed by atoms with Gasteiger partial charge in [-0.15, -0.1) is 0 Å². The number of benzene rings is 1. The number of rotatable bonds is 5. The van der Waals surface area contributed by atoms with Gasteiger partial charge in [0.2, 0.25) is 10.0 Å². The molecule has 2 aromatic rings. The van der Waals surface area contributed by atoms with Crippen molar-refractivity contribution in [1.82, 2.24) is 4.31 Å². The predicted octanol–water partition coefficient (Wildman–Crippen LogP) is 4.28. The van der Waals surface area contributed by atoms with Crippen LogP contribution in [0.2, 0.25) is 0 Å². The number of carbonyl (C=O) groups excluding carboxylic acids is 1. The number of sulfonamides is 1. The number of hydrogen-bond donors (Lipinski definition) is 0. The third-order valence-electron chi connectivity index (χ3n) is 5.16. The largest absolute Gasteiger partial charge is 0.465 e. The molecule has 1 aliphatic heterocycles. The molecule has 0 spiro atoms. The Morgan fingerprint density at radius 3 is 2.46 bits per heavy atom. The minimum absolute atomic E-state index is 0.137. The lowest BCUT2D eigenvalue weighted by molar-refractivity contribution is 0.0983. The summed E-state index contributed by atoms with van der Waals surface area (Å²) in [6.07, 6.45) is 1.52. The summed E-state index contributed by atoms with van der Waals surface area (Å²) in [5.74, 6) is 1.10. The van der Waals surface area contributed by atoms with E-state index < -0.39 is 10.0 Å². The molecule has 0 unspecified atom stereocenters. The van der Waals surface area contributed by atoms with E-state index in [2.05, 4.69) is 15.9 Å². The van der Waals surface area contributed by atoms with Crippen molar-refractivity contribution in [3.63, 3.8) is 0 Å². The lowest BCUT2D eigenvalue weighted by Gasteiger charge is -2.30. The molecule has 0 bridgehead atoms. The summed E-state index contributed by atoms with van der Waals surface area (Å²) in [4.78, 5) is 15.2. The van der Waals surface area contributed by atoms with Crippen LogP contribution in [0.25, 0.3) is 0 Å². The highest BCUT2D eigenvalue weighted by Crippen LogP contribution is 2.34. The first-order valence-electron chi connectivity index (χ1n) is 9.42. The van der Waals surface area contributed by atoms with Gasteiger partial charge in [0, 0.05) is 25.3 Å². The van der Waals surface area contributed by atoms with Crippen molar-refractivity contribution in [2.75, 3.05) is 24.5 Å². The number of nitrogens with zero attached hydrogens (tertiary/aromatic N) is 2. The summed E-state index contributed by atoms with van der Waals surface area (Å²) in [6, 6.07) is 5.06. The first-order valence-corrected chi connectivity index (χ1v) is 11.7. The Hall–Kier alpha value is -1.64. The van der Waals surface area contributed by atoms with Crippen molar-refractivity contribution in [1.29, 1.82) is 0 Å². The van der Waals surface area contributed by atoms with Crippen molar-refractivity contribution in [2.24, 2.45) is 0 Å². The number of anilines is 1. The Kier molecular flexibility index (Phi) is 6.03. The number of furan rings is 1. The van der Waals surface area contributed by atoms with Crippen LogP contribution in [0.3, 0.4) is 0 Å². The summed E-state index contributed by atoms with van der Waals surface area (Å²) in [6.45, 7) is 8.67. The summed E-state index contributed by atoms with van der Waals surface area (Å²) in [7, 11) is -3.53. The van der Waals surface area contributed by atoms with Crippen molar-refractivity contribution >= 4 is 37.5 Å². The van der Waals surface area contributed by atoms with Crippen molar-refractivity contribution < 1.29 is 17.6 Å². The third kappa shape index (κ3) is 3.53. The maximum Gasteiger partial charge on any atom is 0.262 e. The molecule has 2 heterocycles. The number of carbonyl (C=O) groups is 1. The molecule has 0 saturated carbocycles. The van der Waals surface area contributed by atoms with Gasteiger partial charge in [-0.25, -0.2) is 8.42 Å². The number of halogens is 1. The van der Waals surface area contributed by atoms with Crippen molar-refractivity contribution in [3.05, 3.63) is 45.3 Å². The van der Waals surface area contributed by atoms with Crippen LogP contribution >= 0.6 is 15.9 Å². The van der Waals surface area contributed by atoms with Gasteiger partial charge in [0.15, 0.2) is 0 Å². The van der Waals surface area contributed by atoms with Gasteiger partial charge in [-0.05, 0) is 66.4 Å². The summed E-state index contributed by atoms with van der Waals surface area (Å²) in [5, 5.41) is 0. The van der Waals surface area contributed by atoms with Gasteiger partial charge in [0.1, 0.15) is 11.5 Å². The highest BCUT2D eigenvalue weighted by atomic mass is 79.9. The second-order valence-electron chi connectivity index (χ2n) is 6.84. The zero-order valence-corrected chi connectivity index (χ0v) is 19.0. The van der Waals surface area contributed by atoms with E-state index in [1.807, 2.05) is 20.8 Å². The molecule has 0 atom stereocenters. The molecule has 0 radical (unpaired) electrons. The van der Waals surface area contributed by atoms with E-state index in [-0.39, 0.29) is 10.8 Å². The fourth-order valence-electron chi connectivity index (χ4n) is 3.69. The predicted molar refractivity (Wildman–Crippen MR) is 112 cm³/mol. The van der Waals surface area contributed by atoms with E-state index in [0.717, 1.165) is 24.1 Å². The van der Waals surface area contributed by atoms with E-state index in [1.165, 1.54) is 4.31 Å². The van der Waals surface area contributed by atoms with Crippen LogP contribution in [0.5, 0.6) is 0 Å². The lowest BCUT2D eigenvalue weighted by atomic mass is 10.0. The second kappa shape index (κ2) is 8.00. The van der Waals surface area contributed by atoms with Gasteiger partial charge in [0.25, 0.3) is 5.91 Å². The Balaban J connectivity index is 2.01. The Morgan fingerprint density at radius 2 is 1.89 bits per heavy atom. The minimum atomic E-state index is -3.53. The molecule has 0 N–H and O–H groups in total. The molecule has 6 nitrogen and oxygen atoms in total. The lowest BCUT2D eigenvalue weighted by Crippen LogP contribution is -2.36. The molecule has 1 aliphatic rings. The molecule has 0 fully saturated rings. The molecular formula is C20H25BrN2O4S. The van der Waals surface area contributed by atoms with E-state index >= 15 is 0 Å². The van der Waals surface area contributed by atoms with Gasteiger partial charge in [-0.3, -0.25) is 4.79 Å². The molecule has 0 saturated heterocycles. The zero-order chi connectivity index (χ0) is 20.6. The van der Waals surface area contributed by atoms with Crippen LogP contribution in [0, 0.1) is 13.8 Å². The zero-order valence-electron chi connectivity index (χ0n) is 16.6. The molecular weight excluding hydrogens is 444 g/mol. The average molecular weight is 469 g/mol. The molecule has 1 amide bonds. The van der Waals surface area contributed by atoms with Crippen molar-refractivity contribution in [3.8, 4) is 0 Å². The standard InChI is InChI=1S/C20H25BrN2O4S/c1-5-22(6-2)28(25,26)16-9-10-17-15(12-16)8-7-11-23(17)20(24)18-13(3)27-14(4)19(18)21/h9-10,12H,5-8,11H2,1-4H3. The maximum atomic E-state index is 13.2. The highest BCUT2D eigenvalue weighted by molar-refractivity contribution is 9.10. The molecule has 8 heteroatoms. The van der Waals surface area contributed by atoms with E-state index in [4.69, 9.17) is 4.42 Å². The van der Waals surface area contributed by atoms with Crippen molar-refractivity contribution in [2.45, 2.75) is 45.4 Å². The van der Waals surface area contributed by atoms with Crippen LogP contribution in [0.15, 0.2) is 32.0 Å². The molecule has 1 aromatic carbocycles. The molecule has 1 aromatic heterocycles. The number of aryl methyl sites for hydroxylation is 3. The quantitative estimate of drug-likeness (QED) is 0.656. The smallest absolute Gasteiger partial charge is 0.262 e. The fraction of sp³-hybridized carbons (Fsp3) is 0.450. The topological polar surface area (TPSA) is 70.8 Å². The summed E-state index contributed by atoms with van der Waals surface area (Å²) in [5.41, 5.74) is 2.16. The molecule has 3 rings (SSSR count). The Bertz CT molecular complexity index is 1010. The number of amides is 1. The normalized spacial score (nSPS) is 14.4. The Morgan fingerprint density at radius 1 is 1.21 bits per heavy atom. The van der Waals surface area contributed by atoms with Crippen LogP contribution in [-0.2, 0) is 16.4 Å². The van der Waals surface area contributed by atoms with E-state index in [0.29, 0.717) is 41.2 Å². The monoisotopic (exact) mass is 468 g/mol. The second-order valence-corrected chi connectivity index (χ2v) is 9.57. The SMILES string of the molecule is CCN(CC)S(=O)(=O)c1ccc2c(c1)CCCN2C(=O)c1c(C)oc(C)c1Br. The van der Waals surface area contributed by atoms with Gasteiger partial charge >= 0.3 is 0 Å². The molecule has 152 valence electrons. The minimum Gasteiger partial charge on any atom is -0.465 e. The van der Waals surface area contributed by atoms with Crippen LogP contribution in [-0.4, -0.2) is 38.3 Å². The number of hydrogen-bond acceptors (Lipinski definition) is 4. The molecule has 0 aliphatic carbocycles. The van der Waals surface area contributed by atoms with Crippen LogP contribution in [0.1, 0.15) is 47.7 Å². The fourth-order valence-corrected chi connectivity index (χ4v) is 5.73. The molecule has 28 heavy (non-hydrogen) atoms. The van der Waals surface area contributed by atoms with Crippen LogP contribution in [0.4, 0.5) is 5.69 Å². The first kappa shape index (κ1) is 21.1. The van der Waals surface area contributed by atoms with E-state index in [9.17, 15) is 13.2 Å². The van der Waals surface area contributed by atoms with Crippen LogP contribution < -0.4 is 4.90 Å². The number of fused-ring (bicyclic) bond motifs is 1. The average Bonchev–Trinajstić information content (AvgIpc) is 2.92. The third-order valence-corrected chi connectivity index (χ3v) is 8.16. The highest BCUT2D eigenvalue weighted by Gasteiger charge is 2.30. The van der Waals surface area contributed by atoms with Gasteiger partial charge < -0.3 is 9.32 Å². The Labute approximate surface area is 174 Å². The van der Waals surface area contributed by atoms with Gasteiger partial charge in [0.05, 0.1) is 14.9 Å². The summed E-state index contributed by atoms with van der Waals surface area (Å²) >= 11 is 3.45. The summed E-state index contributed by atoms with van der Waals surface area (Å²) < 4.78 is 33.4.